The van der Waals surface area contributed by atoms with E-state index in [1.165, 1.54) is 44.1 Å². The molecular weight excluding hydrogens is 326 g/mol. The number of hydrogen-bond acceptors (Lipinski definition) is 2. The molecule has 0 amide bonds. The third-order valence-electron chi connectivity index (χ3n) is 4.61. The first-order chi connectivity index (χ1) is 10.2. The van der Waals surface area contributed by atoms with Gasteiger partial charge in [0.25, 0.3) is 0 Å². The quantitative estimate of drug-likeness (QED) is 0.730. The molecule has 1 aromatic carbocycles. The van der Waals surface area contributed by atoms with Gasteiger partial charge in [-0.25, -0.2) is 0 Å². The van der Waals surface area contributed by atoms with Crippen LogP contribution in [0.3, 0.4) is 0 Å². The van der Waals surface area contributed by atoms with Gasteiger partial charge in [0.05, 0.1) is 11.6 Å². The van der Waals surface area contributed by atoms with Crippen molar-refractivity contribution in [3.05, 3.63) is 28.2 Å². The smallest absolute Gasteiger partial charge is 0.133 e. The molecule has 1 fully saturated rings. The molecule has 118 valence electrons. The monoisotopic (exact) mass is 353 g/mol. The third-order valence-corrected chi connectivity index (χ3v) is 5.23. The van der Waals surface area contributed by atoms with Crippen LogP contribution in [0.25, 0.3) is 0 Å². The van der Waals surface area contributed by atoms with E-state index in [2.05, 4.69) is 46.4 Å². The van der Waals surface area contributed by atoms with Crippen molar-refractivity contribution in [2.24, 2.45) is 5.92 Å². The Labute approximate surface area is 137 Å². The summed E-state index contributed by atoms with van der Waals surface area (Å²) >= 11 is 3.60. The molecule has 1 N–H and O–H groups in total. The van der Waals surface area contributed by atoms with E-state index < -0.39 is 0 Å². The lowest BCUT2D eigenvalue weighted by molar-refractivity contribution is 0.321. The minimum absolute atomic E-state index is 0.605. The first-order valence-electron chi connectivity index (χ1n) is 8.30. The van der Waals surface area contributed by atoms with Crippen LogP contribution in [0.1, 0.15) is 51.0 Å². The Kier molecular flexibility index (Phi) is 7.05. The van der Waals surface area contributed by atoms with E-state index in [4.69, 9.17) is 4.74 Å². The summed E-state index contributed by atoms with van der Waals surface area (Å²) in [5.74, 6) is 1.74. The van der Waals surface area contributed by atoms with Gasteiger partial charge in [-0.15, -0.1) is 0 Å². The van der Waals surface area contributed by atoms with Crippen LogP contribution >= 0.6 is 15.9 Å². The van der Waals surface area contributed by atoms with E-state index in [9.17, 15) is 0 Å². The van der Waals surface area contributed by atoms with Gasteiger partial charge >= 0.3 is 0 Å². The van der Waals surface area contributed by atoms with Crippen molar-refractivity contribution in [3.8, 4) is 5.75 Å². The molecule has 0 aliphatic heterocycles. The molecule has 2 rings (SSSR count). The topological polar surface area (TPSA) is 21.3 Å². The molecule has 1 aromatic rings. The fraction of sp³-hybridized carbons (Fsp3) is 0.667. The minimum Gasteiger partial charge on any atom is -0.496 e. The van der Waals surface area contributed by atoms with Gasteiger partial charge in [-0.05, 0) is 65.4 Å². The Hall–Kier alpha value is -0.540. The van der Waals surface area contributed by atoms with Crippen molar-refractivity contribution in [3.63, 3.8) is 0 Å². The molecule has 0 heterocycles. The zero-order valence-electron chi connectivity index (χ0n) is 13.3. The molecule has 1 aliphatic carbocycles. The average Bonchev–Trinajstić information content (AvgIpc) is 2.76. The van der Waals surface area contributed by atoms with Gasteiger partial charge in [0.1, 0.15) is 5.75 Å². The number of rotatable bonds is 6. The predicted octanol–water partition coefficient (Wildman–Crippen LogP) is 4.95. The first-order valence-corrected chi connectivity index (χ1v) is 9.09. The maximum Gasteiger partial charge on any atom is 0.133 e. The van der Waals surface area contributed by atoms with E-state index in [-0.39, 0.29) is 0 Å². The molecule has 0 bridgehead atoms. The highest BCUT2D eigenvalue weighted by Gasteiger charge is 2.22. The number of benzene rings is 1. The highest BCUT2D eigenvalue weighted by atomic mass is 79.9. The van der Waals surface area contributed by atoms with Gasteiger partial charge < -0.3 is 10.1 Å². The third kappa shape index (κ3) is 5.00. The number of likely N-dealkylation sites (N-methyl/N-ethyl adjacent to an activating group) is 1. The summed E-state index contributed by atoms with van der Waals surface area (Å²) in [7, 11) is 1.72. The molecule has 3 heteroatoms. The average molecular weight is 354 g/mol. The van der Waals surface area contributed by atoms with Crippen LogP contribution in [0.4, 0.5) is 0 Å². The lowest BCUT2D eigenvalue weighted by Crippen LogP contribution is -2.38. The molecule has 0 saturated heterocycles. The second-order valence-corrected chi connectivity index (χ2v) is 6.94. The summed E-state index contributed by atoms with van der Waals surface area (Å²) in [6.45, 7) is 3.27. The van der Waals surface area contributed by atoms with Gasteiger partial charge in [0, 0.05) is 6.04 Å². The number of ether oxygens (including phenoxy) is 1. The van der Waals surface area contributed by atoms with Crippen molar-refractivity contribution in [2.45, 2.75) is 57.9 Å². The Morgan fingerprint density at radius 1 is 1.24 bits per heavy atom. The number of halogens is 1. The van der Waals surface area contributed by atoms with Crippen molar-refractivity contribution in [2.75, 3.05) is 13.7 Å². The van der Waals surface area contributed by atoms with Crippen LogP contribution in [-0.2, 0) is 6.42 Å². The van der Waals surface area contributed by atoms with Gasteiger partial charge in [0.2, 0.25) is 0 Å². The summed E-state index contributed by atoms with van der Waals surface area (Å²) in [6.07, 6.45) is 9.52. The van der Waals surface area contributed by atoms with Crippen LogP contribution in [0, 0.1) is 5.92 Å². The lowest BCUT2D eigenvalue weighted by Gasteiger charge is -2.27. The Bertz CT molecular complexity index is 427. The zero-order valence-corrected chi connectivity index (χ0v) is 14.9. The van der Waals surface area contributed by atoms with E-state index in [0.717, 1.165) is 29.1 Å². The van der Waals surface area contributed by atoms with Gasteiger partial charge in [-0.1, -0.05) is 38.7 Å². The highest BCUT2D eigenvalue weighted by Crippen LogP contribution is 2.30. The second kappa shape index (κ2) is 8.79. The molecule has 2 nitrogen and oxygen atoms in total. The van der Waals surface area contributed by atoms with Crippen molar-refractivity contribution in [1.29, 1.82) is 0 Å². The maximum absolute atomic E-state index is 5.32. The molecule has 1 atom stereocenters. The molecule has 1 unspecified atom stereocenters. The van der Waals surface area contributed by atoms with Crippen molar-refractivity contribution < 1.29 is 4.74 Å². The Morgan fingerprint density at radius 3 is 2.52 bits per heavy atom. The van der Waals surface area contributed by atoms with E-state index in [1.807, 2.05) is 0 Å². The van der Waals surface area contributed by atoms with E-state index in [1.54, 1.807) is 7.11 Å². The van der Waals surface area contributed by atoms with Crippen LogP contribution in [-0.4, -0.2) is 19.7 Å². The summed E-state index contributed by atoms with van der Waals surface area (Å²) in [4.78, 5) is 0. The van der Waals surface area contributed by atoms with E-state index in [0.29, 0.717) is 6.04 Å². The van der Waals surface area contributed by atoms with E-state index >= 15 is 0 Å². The van der Waals surface area contributed by atoms with Gasteiger partial charge in [-0.2, -0.15) is 0 Å². The summed E-state index contributed by atoms with van der Waals surface area (Å²) in [5.41, 5.74) is 1.39. The Morgan fingerprint density at radius 2 is 1.95 bits per heavy atom. The standard InChI is InChI=1S/C18H28BrNO/c1-3-20-17(15-8-6-4-5-7-9-15)13-14-10-11-18(21-2)16(19)12-14/h10-12,15,17,20H,3-9,13H2,1-2H3. The Balaban J connectivity index is 2.05. The van der Waals surface area contributed by atoms with Crippen LogP contribution in [0.15, 0.2) is 22.7 Å². The molecular formula is C18H28BrNO. The highest BCUT2D eigenvalue weighted by molar-refractivity contribution is 9.10. The summed E-state index contributed by atoms with van der Waals surface area (Å²) < 4.78 is 6.38. The SMILES string of the molecule is CCNC(Cc1ccc(OC)c(Br)c1)C1CCCCCC1. The first kappa shape index (κ1) is 16.8. The lowest BCUT2D eigenvalue weighted by atomic mass is 9.87. The minimum atomic E-state index is 0.605. The van der Waals surface area contributed by atoms with Crippen molar-refractivity contribution >= 4 is 15.9 Å². The fourth-order valence-corrected chi connectivity index (χ4v) is 4.06. The fourth-order valence-electron chi connectivity index (χ4n) is 3.47. The number of nitrogens with one attached hydrogen (secondary N) is 1. The summed E-state index contributed by atoms with van der Waals surface area (Å²) in [5, 5.41) is 3.73. The molecule has 0 spiro atoms. The van der Waals surface area contributed by atoms with Gasteiger partial charge in [-0.3, -0.25) is 0 Å². The molecule has 1 saturated carbocycles. The number of hydrogen-bond donors (Lipinski definition) is 1. The molecule has 21 heavy (non-hydrogen) atoms. The predicted molar refractivity (Wildman–Crippen MR) is 93.1 cm³/mol. The normalized spacial score (nSPS) is 18.2. The molecule has 1 aliphatic rings. The maximum atomic E-state index is 5.32. The van der Waals surface area contributed by atoms with Crippen molar-refractivity contribution in [1.82, 2.24) is 5.32 Å². The molecule has 0 radical (unpaired) electrons. The van der Waals surface area contributed by atoms with Crippen LogP contribution in [0.2, 0.25) is 0 Å². The largest absolute Gasteiger partial charge is 0.496 e. The number of methoxy groups -OCH3 is 1. The van der Waals surface area contributed by atoms with Crippen LogP contribution < -0.4 is 10.1 Å². The van der Waals surface area contributed by atoms with Crippen LogP contribution in [0.5, 0.6) is 5.75 Å². The van der Waals surface area contributed by atoms with Gasteiger partial charge in [0.15, 0.2) is 0 Å². The summed E-state index contributed by atoms with van der Waals surface area (Å²) in [6, 6.07) is 7.08. The second-order valence-electron chi connectivity index (χ2n) is 6.09. The molecule has 0 aromatic heterocycles. The zero-order chi connectivity index (χ0) is 15.1.